The number of aromatic amines is 1. The predicted octanol–water partition coefficient (Wildman–Crippen LogP) is 3.64. The van der Waals surface area contributed by atoms with Crippen LogP contribution in [0.4, 0.5) is 11.5 Å². The third-order valence-electron chi connectivity index (χ3n) is 4.55. The Labute approximate surface area is 147 Å². The number of nitrogens with one attached hydrogen (secondary N) is 3. The van der Waals surface area contributed by atoms with E-state index in [1.165, 1.54) is 25.7 Å². The van der Waals surface area contributed by atoms with E-state index in [9.17, 15) is 4.79 Å². The van der Waals surface area contributed by atoms with Gasteiger partial charge in [-0.05, 0) is 25.0 Å². The highest BCUT2D eigenvalue weighted by atomic mass is 16.5. The second-order valence-electron chi connectivity index (χ2n) is 6.33. The molecule has 6 heteroatoms. The number of rotatable bonds is 7. The van der Waals surface area contributed by atoms with Gasteiger partial charge in [0.05, 0.1) is 17.9 Å². The van der Waals surface area contributed by atoms with Crippen molar-refractivity contribution in [3.63, 3.8) is 0 Å². The van der Waals surface area contributed by atoms with Crippen LogP contribution in [0.5, 0.6) is 5.75 Å². The quantitative estimate of drug-likeness (QED) is 0.671. The molecule has 6 nitrogen and oxygen atoms in total. The Balaban J connectivity index is 1.92. The van der Waals surface area contributed by atoms with Gasteiger partial charge in [-0.2, -0.15) is 0 Å². The summed E-state index contributed by atoms with van der Waals surface area (Å²) in [6, 6.07) is 7.52. The lowest BCUT2D eigenvalue weighted by atomic mass is 10.0. The fraction of sp³-hybridized carbons (Fsp3) is 0.421. The van der Waals surface area contributed by atoms with Crippen LogP contribution in [0.2, 0.25) is 0 Å². The molecule has 0 radical (unpaired) electrons. The first-order valence-electron chi connectivity index (χ1n) is 8.83. The van der Waals surface area contributed by atoms with Crippen molar-refractivity contribution in [2.75, 3.05) is 11.9 Å². The van der Waals surface area contributed by atoms with Crippen molar-refractivity contribution in [2.24, 2.45) is 5.92 Å². The molecule has 3 N–H and O–H groups in total. The van der Waals surface area contributed by atoms with Gasteiger partial charge < -0.3 is 20.4 Å². The summed E-state index contributed by atoms with van der Waals surface area (Å²) in [6.07, 6.45) is 6.69. The number of anilines is 2. The number of H-pyrrole nitrogens is 1. The Morgan fingerprint density at radius 3 is 2.84 bits per heavy atom. The highest BCUT2D eigenvalue weighted by Crippen LogP contribution is 2.29. The lowest BCUT2D eigenvalue weighted by molar-refractivity contribution is 0.342. The van der Waals surface area contributed by atoms with E-state index in [0.717, 1.165) is 18.3 Å². The fourth-order valence-corrected chi connectivity index (χ4v) is 3.32. The first-order valence-corrected chi connectivity index (χ1v) is 8.83. The van der Waals surface area contributed by atoms with E-state index in [2.05, 4.69) is 15.3 Å². The van der Waals surface area contributed by atoms with Crippen LogP contribution >= 0.6 is 0 Å². The van der Waals surface area contributed by atoms with Crippen molar-refractivity contribution in [3.8, 4) is 5.75 Å². The largest absolute Gasteiger partial charge is 0.492 e. The minimum Gasteiger partial charge on any atom is -0.492 e. The number of aromatic nitrogens is 2. The minimum absolute atomic E-state index is 0.224. The molecule has 0 bridgehead atoms. The van der Waals surface area contributed by atoms with Crippen LogP contribution < -0.4 is 15.6 Å². The zero-order valence-electron chi connectivity index (χ0n) is 14.5. The Hall–Kier alpha value is -2.63. The number of para-hydroxylation sites is 2. The lowest BCUT2D eigenvalue weighted by Crippen LogP contribution is -2.20. The van der Waals surface area contributed by atoms with Crippen molar-refractivity contribution < 1.29 is 4.74 Å². The fourth-order valence-electron chi connectivity index (χ4n) is 3.32. The van der Waals surface area contributed by atoms with Gasteiger partial charge in [-0.15, -0.1) is 0 Å². The van der Waals surface area contributed by atoms with Crippen molar-refractivity contribution in [1.29, 1.82) is 5.41 Å². The molecule has 132 valence electrons. The van der Waals surface area contributed by atoms with Crippen LogP contribution in [0.15, 0.2) is 29.1 Å². The van der Waals surface area contributed by atoms with Crippen molar-refractivity contribution in [1.82, 2.24) is 9.97 Å². The van der Waals surface area contributed by atoms with Crippen LogP contribution in [0.1, 0.15) is 44.0 Å². The summed E-state index contributed by atoms with van der Waals surface area (Å²) < 4.78 is 5.62. The molecule has 1 aliphatic rings. The summed E-state index contributed by atoms with van der Waals surface area (Å²) in [5, 5.41) is 10.7. The maximum atomic E-state index is 12.3. The predicted molar refractivity (Wildman–Crippen MR) is 99.3 cm³/mol. The zero-order chi connectivity index (χ0) is 17.6. The van der Waals surface area contributed by atoms with E-state index in [0.29, 0.717) is 29.9 Å². The first-order chi connectivity index (χ1) is 12.2. The summed E-state index contributed by atoms with van der Waals surface area (Å²) in [7, 11) is 0. The van der Waals surface area contributed by atoms with Gasteiger partial charge in [0.1, 0.15) is 17.4 Å². The Bertz CT molecular complexity index is 794. The zero-order valence-corrected chi connectivity index (χ0v) is 14.5. The molecular weight excluding hydrogens is 316 g/mol. The van der Waals surface area contributed by atoms with Gasteiger partial charge >= 0.3 is 0 Å². The van der Waals surface area contributed by atoms with E-state index in [4.69, 9.17) is 10.1 Å². The monoisotopic (exact) mass is 340 g/mol. The van der Waals surface area contributed by atoms with Crippen LogP contribution in [-0.4, -0.2) is 22.8 Å². The standard InChI is InChI=1S/C19H24N4O2/c1-2-25-16-10-6-5-9-15(16)21-18-14(12-20)19(24)23-17(22-18)11-13-7-3-4-8-13/h5-6,9-10,12-13,20H,2-4,7-8,11H2,1H3,(H2,21,22,23,24). The van der Waals surface area contributed by atoms with E-state index in [1.807, 2.05) is 31.2 Å². The smallest absolute Gasteiger partial charge is 0.261 e. The number of hydrogen-bond acceptors (Lipinski definition) is 5. The molecule has 1 fully saturated rings. The SMILES string of the molecule is CCOc1ccccc1Nc1nc(CC2CCCC2)[nH]c(=O)c1C=N. The molecule has 1 aromatic carbocycles. The van der Waals surface area contributed by atoms with E-state index < -0.39 is 0 Å². The summed E-state index contributed by atoms with van der Waals surface area (Å²) in [5.41, 5.74) is 0.674. The molecule has 0 amide bonds. The molecule has 0 atom stereocenters. The van der Waals surface area contributed by atoms with E-state index in [-0.39, 0.29) is 11.1 Å². The average molecular weight is 340 g/mol. The van der Waals surface area contributed by atoms with Gasteiger partial charge in [0.2, 0.25) is 0 Å². The summed E-state index contributed by atoms with van der Waals surface area (Å²) in [5.74, 6) is 2.36. The van der Waals surface area contributed by atoms with Gasteiger partial charge in [-0.3, -0.25) is 4.79 Å². The highest BCUT2D eigenvalue weighted by molar-refractivity contribution is 5.85. The number of nitrogens with zero attached hydrogens (tertiary/aromatic N) is 1. The second kappa shape index (κ2) is 7.96. The molecule has 1 aliphatic carbocycles. The van der Waals surface area contributed by atoms with Gasteiger partial charge in [-0.25, -0.2) is 4.98 Å². The number of ether oxygens (including phenoxy) is 1. The van der Waals surface area contributed by atoms with Gasteiger partial charge in [0.15, 0.2) is 0 Å². The normalized spacial score (nSPS) is 14.4. The number of hydrogen-bond donors (Lipinski definition) is 3. The summed E-state index contributed by atoms with van der Waals surface area (Å²) >= 11 is 0. The Kier molecular flexibility index (Phi) is 5.48. The van der Waals surface area contributed by atoms with E-state index >= 15 is 0 Å². The third kappa shape index (κ3) is 4.07. The highest BCUT2D eigenvalue weighted by Gasteiger charge is 2.18. The molecule has 0 saturated heterocycles. The van der Waals surface area contributed by atoms with E-state index in [1.54, 1.807) is 0 Å². The molecule has 2 aromatic rings. The molecule has 1 heterocycles. The van der Waals surface area contributed by atoms with Crippen LogP contribution in [-0.2, 0) is 6.42 Å². The van der Waals surface area contributed by atoms with Gasteiger partial charge in [0, 0.05) is 12.6 Å². The molecule has 0 unspecified atom stereocenters. The minimum atomic E-state index is -0.283. The summed E-state index contributed by atoms with van der Waals surface area (Å²) in [4.78, 5) is 19.8. The maximum absolute atomic E-state index is 12.3. The number of benzene rings is 1. The summed E-state index contributed by atoms with van der Waals surface area (Å²) in [6.45, 7) is 2.47. The van der Waals surface area contributed by atoms with Gasteiger partial charge in [-0.1, -0.05) is 37.8 Å². The Morgan fingerprint density at radius 1 is 1.36 bits per heavy atom. The van der Waals surface area contributed by atoms with Gasteiger partial charge in [0.25, 0.3) is 5.56 Å². The van der Waals surface area contributed by atoms with Crippen molar-refractivity contribution >= 4 is 17.7 Å². The third-order valence-corrected chi connectivity index (χ3v) is 4.55. The maximum Gasteiger partial charge on any atom is 0.261 e. The average Bonchev–Trinajstić information content (AvgIpc) is 3.10. The molecule has 1 saturated carbocycles. The first kappa shape index (κ1) is 17.2. The molecular formula is C19H24N4O2. The van der Waals surface area contributed by atoms with Crippen molar-refractivity contribution in [3.05, 3.63) is 46.0 Å². The molecule has 1 aromatic heterocycles. The van der Waals surface area contributed by atoms with Crippen LogP contribution in [0.3, 0.4) is 0 Å². The molecule has 0 aliphatic heterocycles. The Morgan fingerprint density at radius 2 is 2.12 bits per heavy atom. The topological polar surface area (TPSA) is 90.9 Å². The molecule has 0 spiro atoms. The second-order valence-corrected chi connectivity index (χ2v) is 6.33. The molecule has 3 rings (SSSR count). The molecule has 25 heavy (non-hydrogen) atoms. The lowest BCUT2D eigenvalue weighted by Gasteiger charge is -2.14. The van der Waals surface area contributed by atoms with Crippen LogP contribution in [0.25, 0.3) is 0 Å². The van der Waals surface area contributed by atoms with Crippen LogP contribution in [0, 0.1) is 11.3 Å². The van der Waals surface area contributed by atoms with Crippen molar-refractivity contribution in [2.45, 2.75) is 39.0 Å².